The van der Waals surface area contributed by atoms with Crippen LogP contribution in [0.5, 0.6) is 0 Å². The van der Waals surface area contributed by atoms with E-state index >= 15 is 0 Å². The van der Waals surface area contributed by atoms with Crippen LogP contribution < -0.4 is 34.7 Å². The molecule has 0 radical (unpaired) electrons. The van der Waals surface area contributed by atoms with Crippen molar-refractivity contribution in [2.75, 3.05) is 6.61 Å². The zero-order valence-corrected chi connectivity index (χ0v) is 25.4. The summed E-state index contributed by atoms with van der Waals surface area (Å²) < 4.78 is 101. The Kier molecular flexibility index (Phi) is 10.1. The Labute approximate surface area is 276 Å². The summed E-state index contributed by atoms with van der Waals surface area (Å²) >= 11 is 0. The molecule has 2 aliphatic heterocycles. The number of imidazole rings is 1. The predicted molar refractivity (Wildman–Crippen MR) is 138 cm³/mol. The number of pyridine rings is 1. The number of benzene rings is 2. The van der Waals surface area contributed by atoms with Crippen LogP contribution in [-0.2, 0) is 26.7 Å². The normalized spacial score (nSPS) is 12.4. The zero-order chi connectivity index (χ0) is 32.5. The van der Waals surface area contributed by atoms with Crippen LogP contribution in [0.1, 0.15) is 29.3 Å². The summed E-state index contributed by atoms with van der Waals surface area (Å²) in [4.78, 5) is 32.5. The molecule has 1 unspecified atom stereocenters. The Hall–Kier alpha value is -4.41. The van der Waals surface area contributed by atoms with Gasteiger partial charge in [-0.15, -0.1) is 0 Å². The first-order valence-corrected chi connectivity index (χ1v) is 12.8. The zero-order valence-electron chi connectivity index (χ0n) is 23.4. The SMILES string of the molecule is O=C([O-])CCOC(=O)C(c1ccc(-c2ccc(C(F)(F)F)cc2C(F)(F)F)nn1)n1ccc2nc(-c3ccccc3F)nc-2c1.[Na+]. The summed E-state index contributed by atoms with van der Waals surface area (Å²) in [6.45, 7) is -0.583. The molecule has 0 N–H and O–H groups in total. The standard InChI is InChI=1S/C29H18F7N5O4.Na/c30-19-4-2-1-3-17(19)26-37-21-9-11-41(14-23(21)38-26)25(27(44)45-12-10-24(42)43)22-8-7-20(39-40-22)16-6-5-15(28(31,32)33)13-18(16)29(34,35)36;/h1-9,11,13-14,25H,10,12H2,(H,42,43);/q;+1/p-1. The number of hydrogen-bond acceptors (Lipinski definition) is 8. The fourth-order valence-electron chi connectivity index (χ4n) is 4.37. The molecule has 9 nitrogen and oxygen atoms in total. The number of esters is 1. The van der Waals surface area contributed by atoms with Crippen LogP contribution in [0, 0.1) is 5.82 Å². The topological polar surface area (TPSA) is 123 Å². The summed E-state index contributed by atoms with van der Waals surface area (Å²) in [6, 6.07) is 8.90. The van der Waals surface area contributed by atoms with Crippen molar-refractivity contribution in [3.63, 3.8) is 0 Å². The summed E-state index contributed by atoms with van der Waals surface area (Å²) in [6.07, 6.45) is -8.14. The van der Waals surface area contributed by atoms with E-state index in [1.807, 2.05) is 0 Å². The van der Waals surface area contributed by atoms with Gasteiger partial charge in [0.2, 0.25) is 0 Å². The second-order valence-corrected chi connectivity index (χ2v) is 9.48. The fourth-order valence-corrected chi connectivity index (χ4v) is 4.37. The van der Waals surface area contributed by atoms with Gasteiger partial charge in [0, 0.05) is 30.3 Å². The summed E-state index contributed by atoms with van der Waals surface area (Å²) in [7, 11) is 0. The smallest absolute Gasteiger partial charge is 0.550 e. The monoisotopic (exact) mass is 655 g/mol. The van der Waals surface area contributed by atoms with Crippen molar-refractivity contribution in [1.29, 1.82) is 0 Å². The summed E-state index contributed by atoms with van der Waals surface area (Å²) in [5.41, 5.74) is -3.80. The van der Waals surface area contributed by atoms with Crippen LogP contribution >= 0.6 is 0 Å². The summed E-state index contributed by atoms with van der Waals surface area (Å²) in [5.74, 6) is -3.06. The number of rotatable bonds is 8. The Balaban J connectivity index is 0.00000480. The number of alkyl halides is 6. The number of carbonyl (C=O) groups is 2. The van der Waals surface area contributed by atoms with Gasteiger partial charge < -0.3 is 19.2 Å². The predicted octanol–water partition coefficient (Wildman–Crippen LogP) is 1.96. The Morgan fingerprint density at radius 1 is 0.848 bits per heavy atom. The molecule has 17 heteroatoms. The average molecular weight is 655 g/mol. The van der Waals surface area contributed by atoms with Gasteiger partial charge in [0.25, 0.3) is 0 Å². The number of aliphatic carboxylic acids is 1. The van der Waals surface area contributed by atoms with E-state index in [0.717, 1.165) is 12.1 Å². The van der Waals surface area contributed by atoms with Crippen molar-refractivity contribution in [3.05, 3.63) is 95.7 Å². The third-order valence-corrected chi connectivity index (χ3v) is 6.47. The molecule has 0 saturated carbocycles. The van der Waals surface area contributed by atoms with Gasteiger partial charge >= 0.3 is 47.9 Å². The van der Waals surface area contributed by atoms with Crippen LogP contribution in [0.4, 0.5) is 30.7 Å². The van der Waals surface area contributed by atoms with Gasteiger partial charge in [-0.1, -0.05) is 18.2 Å². The van der Waals surface area contributed by atoms with Crippen molar-refractivity contribution >= 4 is 11.9 Å². The molecule has 1 aromatic heterocycles. The van der Waals surface area contributed by atoms with E-state index in [4.69, 9.17) is 4.74 Å². The number of nitrogens with zero attached hydrogens (tertiary/aromatic N) is 5. The maximum atomic E-state index is 14.3. The molecule has 0 saturated heterocycles. The van der Waals surface area contributed by atoms with Crippen LogP contribution in [-0.4, -0.2) is 43.3 Å². The van der Waals surface area contributed by atoms with E-state index in [0.29, 0.717) is 17.8 Å². The Morgan fingerprint density at radius 3 is 2.20 bits per heavy atom. The number of ether oxygens (including phenoxy) is 1. The van der Waals surface area contributed by atoms with Crippen LogP contribution in [0.25, 0.3) is 34.0 Å². The number of halogens is 7. The molecule has 46 heavy (non-hydrogen) atoms. The van der Waals surface area contributed by atoms with Crippen LogP contribution in [0.3, 0.4) is 0 Å². The number of carboxylic acid groups (broad SMARTS) is 1. The molecule has 2 aromatic carbocycles. The molecule has 0 fully saturated rings. The van der Waals surface area contributed by atoms with E-state index in [9.17, 15) is 45.4 Å². The Bertz CT molecular complexity index is 1850. The van der Waals surface area contributed by atoms with Crippen LogP contribution in [0.15, 0.2) is 73.1 Å². The minimum absolute atomic E-state index is 0. The van der Waals surface area contributed by atoms with Gasteiger partial charge in [0.05, 0.1) is 40.4 Å². The van der Waals surface area contributed by atoms with E-state index < -0.39 is 71.6 Å². The molecule has 232 valence electrons. The quantitative estimate of drug-likeness (QED) is 0.141. The van der Waals surface area contributed by atoms with Gasteiger partial charge in [-0.25, -0.2) is 19.2 Å². The molecule has 0 amide bonds. The first-order valence-electron chi connectivity index (χ1n) is 12.8. The van der Waals surface area contributed by atoms with E-state index in [1.165, 1.54) is 41.2 Å². The van der Waals surface area contributed by atoms with Gasteiger partial charge in [-0.2, -0.15) is 36.5 Å². The minimum atomic E-state index is -5.17. The molecular formula is C29H17F7N5NaO4. The minimum Gasteiger partial charge on any atom is -0.550 e. The van der Waals surface area contributed by atoms with Crippen molar-refractivity contribution in [2.24, 2.45) is 0 Å². The van der Waals surface area contributed by atoms with E-state index in [-0.39, 0.29) is 58.4 Å². The number of aromatic nitrogens is 5. The molecule has 3 aromatic rings. The van der Waals surface area contributed by atoms with Gasteiger partial charge in [0.1, 0.15) is 11.5 Å². The maximum Gasteiger partial charge on any atom is 1.00 e. The van der Waals surface area contributed by atoms with Crippen LogP contribution in [0.2, 0.25) is 0 Å². The molecule has 5 rings (SSSR count). The Morgan fingerprint density at radius 2 is 1.57 bits per heavy atom. The van der Waals surface area contributed by atoms with Crippen molar-refractivity contribution in [3.8, 4) is 34.0 Å². The number of carbonyl (C=O) groups excluding carboxylic acids is 2. The molecule has 0 aliphatic carbocycles. The fraction of sp³-hybridized carbons (Fsp3) is 0.172. The number of hydrogen-bond donors (Lipinski definition) is 0. The largest absolute Gasteiger partial charge is 1.00 e. The molecule has 2 aliphatic rings. The molecule has 0 spiro atoms. The van der Waals surface area contributed by atoms with Crippen molar-refractivity contribution < 1.29 is 79.7 Å². The third-order valence-electron chi connectivity index (χ3n) is 6.47. The second kappa shape index (κ2) is 13.5. The second-order valence-electron chi connectivity index (χ2n) is 9.48. The summed E-state index contributed by atoms with van der Waals surface area (Å²) in [5, 5.41) is 18.4. The molecule has 3 heterocycles. The number of fused-ring (bicyclic) bond motifs is 1. The maximum absolute atomic E-state index is 14.3. The number of carboxylic acids is 1. The van der Waals surface area contributed by atoms with E-state index in [2.05, 4.69) is 20.2 Å². The molecule has 0 bridgehead atoms. The van der Waals surface area contributed by atoms with Gasteiger partial charge in [-0.3, -0.25) is 0 Å². The third kappa shape index (κ3) is 7.51. The first-order chi connectivity index (χ1) is 21.2. The van der Waals surface area contributed by atoms with E-state index in [1.54, 1.807) is 6.07 Å². The molecular weight excluding hydrogens is 638 g/mol. The molecule has 1 atom stereocenters. The van der Waals surface area contributed by atoms with Crippen molar-refractivity contribution in [2.45, 2.75) is 24.8 Å². The first kappa shape index (κ1) is 34.5. The van der Waals surface area contributed by atoms with Gasteiger partial charge in [-0.05, 0) is 42.5 Å². The van der Waals surface area contributed by atoms with Gasteiger partial charge in [0.15, 0.2) is 11.9 Å². The average Bonchev–Trinajstić information content (AvgIpc) is 3.40. The van der Waals surface area contributed by atoms with Crippen molar-refractivity contribution in [1.82, 2.24) is 24.7 Å².